The Morgan fingerprint density at radius 2 is 1.21 bits per heavy atom. The summed E-state index contributed by atoms with van der Waals surface area (Å²) in [5, 5.41) is 0. The third-order valence-electron chi connectivity index (χ3n) is 5.14. The van der Waals surface area contributed by atoms with Crippen molar-refractivity contribution in [1.82, 2.24) is 4.90 Å². The molecule has 0 aromatic heterocycles. The molecule has 0 spiro atoms. The molecule has 0 saturated carbocycles. The number of rotatable bonds is 2. The van der Waals surface area contributed by atoms with E-state index in [4.69, 9.17) is 0 Å². The van der Waals surface area contributed by atoms with Crippen LogP contribution in [-0.4, -0.2) is 50.1 Å². The minimum absolute atomic E-state index is 0.266. The lowest BCUT2D eigenvalue weighted by molar-refractivity contribution is -0.139. The maximum absolute atomic E-state index is 12.4. The SMILES string of the molecule is CC(C)(C)C(=O)N1CCN(c2ccc(N3CCCCC3)cc2)CC1. The summed E-state index contributed by atoms with van der Waals surface area (Å²) in [7, 11) is 0. The zero-order valence-corrected chi connectivity index (χ0v) is 15.4. The van der Waals surface area contributed by atoms with E-state index in [9.17, 15) is 4.79 Å². The first kappa shape index (κ1) is 17.1. The fraction of sp³-hybridized carbons (Fsp3) is 0.650. The predicted octanol–water partition coefficient (Wildman–Crippen LogP) is 3.37. The molecule has 2 aliphatic rings. The standard InChI is InChI=1S/C20H31N3O/c1-20(2,3)19(24)23-15-13-22(14-16-23)18-9-7-17(8-10-18)21-11-5-4-6-12-21/h7-10H,4-6,11-16H2,1-3H3. The molecule has 2 aliphatic heterocycles. The third kappa shape index (κ3) is 3.85. The van der Waals surface area contributed by atoms with E-state index in [2.05, 4.69) is 34.1 Å². The maximum Gasteiger partial charge on any atom is 0.228 e. The zero-order chi connectivity index (χ0) is 17.2. The summed E-state index contributed by atoms with van der Waals surface area (Å²) in [6.07, 6.45) is 3.99. The van der Waals surface area contributed by atoms with Gasteiger partial charge in [0.05, 0.1) is 0 Å². The molecule has 2 fully saturated rings. The molecule has 1 aromatic carbocycles. The minimum Gasteiger partial charge on any atom is -0.372 e. The van der Waals surface area contributed by atoms with Crippen molar-refractivity contribution in [3.05, 3.63) is 24.3 Å². The van der Waals surface area contributed by atoms with Crippen molar-refractivity contribution in [2.75, 3.05) is 49.1 Å². The Hall–Kier alpha value is -1.71. The number of hydrogen-bond donors (Lipinski definition) is 0. The van der Waals surface area contributed by atoms with Gasteiger partial charge in [-0.1, -0.05) is 20.8 Å². The van der Waals surface area contributed by atoms with Gasteiger partial charge in [0, 0.05) is 56.1 Å². The second kappa shape index (κ2) is 7.04. The molecule has 0 N–H and O–H groups in total. The fourth-order valence-corrected chi connectivity index (χ4v) is 3.67. The topological polar surface area (TPSA) is 26.8 Å². The Morgan fingerprint density at radius 1 is 0.750 bits per heavy atom. The Labute approximate surface area is 146 Å². The predicted molar refractivity (Wildman–Crippen MR) is 101 cm³/mol. The van der Waals surface area contributed by atoms with E-state index in [1.54, 1.807) is 0 Å². The van der Waals surface area contributed by atoms with Crippen LogP contribution in [0.5, 0.6) is 0 Å². The molecule has 1 amide bonds. The van der Waals surface area contributed by atoms with Crippen molar-refractivity contribution in [1.29, 1.82) is 0 Å². The first-order valence-electron chi connectivity index (χ1n) is 9.34. The molecule has 0 radical (unpaired) electrons. The van der Waals surface area contributed by atoms with Gasteiger partial charge in [-0.2, -0.15) is 0 Å². The number of amides is 1. The normalized spacial score (nSPS) is 19.5. The number of benzene rings is 1. The average Bonchev–Trinajstić information content (AvgIpc) is 2.61. The molecule has 2 heterocycles. The average molecular weight is 329 g/mol. The third-order valence-corrected chi connectivity index (χ3v) is 5.14. The summed E-state index contributed by atoms with van der Waals surface area (Å²) >= 11 is 0. The summed E-state index contributed by atoms with van der Waals surface area (Å²) in [6.45, 7) is 11.9. The van der Waals surface area contributed by atoms with Crippen LogP contribution < -0.4 is 9.80 Å². The second-order valence-corrected chi connectivity index (χ2v) is 8.09. The molecular formula is C20H31N3O. The second-order valence-electron chi connectivity index (χ2n) is 8.09. The van der Waals surface area contributed by atoms with Crippen molar-refractivity contribution >= 4 is 17.3 Å². The van der Waals surface area contributed by atoms with Gasteiger partial charge >= 0.3 is 0 Å². The van der Waals surface area contributed by atoms with Crippen LogP contribution >= 0.6 is 0 Å². The summed E-state index contributed by atoms with van der Waals surface area (Å²) < 4.78 is 0. The van der Waals surface area contributed by atoms with Crippen LogP contribution in [0.15, 0.2) is 24.3 Å². The number of carbonyl (C=O) groups is 1. The van der Waals surface area contributed by atoms with Crippen LogP contribution in [0, 0.1) is 5.41 Å². The molecular weight excluding hydrogens is 298 g/mol. The molecule has 1 aromatic rings. The van der Waals surface area contributed by atoms with Crippen LogP contribution in [-0.2, 0) is 4.79 Å². The Morgan fingerprint density at radius 3 is 1.67 bits per heavy atom. The molecule has 4 heteroatoms. The smallest absolute Gasteiger partial charge is 0.228 e. The van der Waals surface area contributed by atoms with Gasteiger partial charge in [-0.25, -0.2) is 0 Å². The van der Waals surface area contributed by atoms with Crippen LogP contribution in [0.1, 0.15) is 40.0 Å². The van der Waals surface area contributed by atoms with Gasteiger partial charge in [-0.15, -0.1) is 0 Å². The molecule has 0 atom stereocenters. The summed E-state index contributed by atoms with van der Waals surface area (Å²) in [4.78, 5) is 19.3. The summed E-state index contributed by atoms with van der Waals surface area (Å²) in [5.74, 6) is 0.266. The molecule has 132 valence electrons. The molecule has 0 unspecified atom stereocenters. The zero-order valence-electron chi connectivity index (χ0n) is 15.4. The number of carbonyl (C=O) groups excluding carboxylic acids is 1. The van der Waals surface area contributed by atoms with Crippen molar-refractivity contribution in [2.24, 2.45) is 5.41 Å². The first-order valence-corrected chi connectivity index (χ1v) is 9.34. The lowest BCUT2D eigenvalue weighted by atomic mass is 9.94. The van der Waals surface area contributed by atoms with E-state index >= 15 is 0 Å². The number of piperazine rings is 1. The van der Waals surface area contributed by atoms with Crippen molar-refractivity contribution < 1.29 is 4.79 Å². The van der Waals surface area contributed by atoms with E-state index in [1.807, 2.05) is 25.7 Å². The molecule has 3 rings (SSSR count). The van der Waals surface area contributed by atoms with Gasteiger partial charge in [0.15, 0.2) is 0 Å². The highest BCUT2D eigenvalue weighted by molar-refractivity contribution is 5.81. The van der Waals surface area contributed by atoms with Crippen LogP contribution in [0.3, 0.4) is 0 Å². The van der Waals surface area contributed by atoms with Crippen molar-refractivity contribution in [3.63, 3.8) is 0 Å². The fourth-order valence-electron chi connectivity index (χ4n) is 3.67. The number of piperidine rings is 1. The van der Waals surface area contributed by atoms with Crippen molar-refractivity contribution in [3.8, 4) is 0 Å². The highest BCUT2D eigenvalue weighted by Crippen LogP contribution is 2.25. The van der Waals surface area contributed by atoms with E-state index in [-0.39, 0.29) is 11.3 Å². The van der Waals surface area contributed by atoms with Gasteiger partial charge < -0.3 is 14.7 Å². The lowest BCUT2D eigenvalue weighted by Crippen LogP contribution is -2.51. The van der Waals surface area contributed by atoms with Crippen LogP contribution in [0.2, 0.25) is 0 Å². The first-order chi connectivity index (χ1) is 11.4. The van der Waals surface area contributed by atoms with Gasteiger partial charge in [0.25, 0.3) is 0 Å². The molecule has 2 saturated heterocycles. The van der Waals surface area contributed by atoms with E-state index < -0.39 is 0 Å². The largest absolute Gasteiger partial charge is 0.372 e. The summed E-state index contributed by atoms with van der Waals surface area (Å²) in [6, 6.07) is 9.00. The Kier molecular flexibility index (Phi) is 5.02. The number of nitrogens with zero attached hydrogens (tertiary/aromatic N) is 3. The van der Waals surface area contributed by atoms with Crippen LogP contribution in [0.4, 0.5) is 11.4 Å². The highest BCUT2D eigenvalue weighted by atomic mass is 16.2. The van der Waals surface area contributed by atoms with E-state index in [0.717, 1.165) is 26.2 Å². The monoisotopic (exact) mass is 329 g/mol. The minimum atomic E-state index is -0.280. The Balaban J connectivity index is 1.57. The maximum atomic E-state index is 12.4. The molecule has 24 heavy (non-hydrogen) atoms. The van der Waals surface area contributed by atoms with Crippen molar-refractivity contribution in [2.45, 2.75) is 40.0 Å². The van der Waals surface area contributed by atoms with Gasteiger partial charge in [0.2, 0.25) is 5.91 Å². The molecule has 0 aliphatic carbocycles. The van der Waals surface area contributed by atoms with E-state index in [1.165, 1.54) is 43.7 Å². The highest BCUT2D eigenvalue weighted by Gasteiger charge is 2.29. The lowest BCUT2D eigenvalue weighted by Gasteiger charge is -2.39. The molecule has 0 bridgehead atoms. The van der Waals surface area contributed by atoms with Crippen LogP contribution in [0.25, 0.3) is 0 Å². The number of anilines is 2. The van der Waals surface area contributed by atoms with Gasteiger partial charge in [0.1, 0.15) is 0 Å². The van der Waals surface area contributed by atoms with Gasteiger partial charge in [-0.3, -0.25) is 4.79 Å². The Bertz CT molecular complexity index is 547. The van der Waals surface area contributed by atoms with E-state index in [0.29, 0.717) is 0 Å². The summed E-state index contributed by atoms with van der Waals surface area (Å²) in [5.41, 5.74) is 2.34. The van der Waals surface area contributed by atoms with Gasteiger partial charge in [-0.05, 0) is 43.5 Å². The molecule has 4 nitrogen and oxygen atoms in total. The number of hydrogen-bond acceptors (Lipinski definition) is 3. The quantitative estimate of drug-likeness (QED) is 0.832.